The van der Waals surface area contributed by atoms with Crippen LogP contribution in [0.1, 0.15) is 5.82 Å². The molecule has 10 heteroatoms. The average Bonchev–Trinajstić information content (AvgIpc) is 2.97. The first-order valence-corrected chi connectivity index (χ1v) is 6.99. The number of methoxy groups -OCH3 is 2. The average molecular weight is 299 g/mol. The van der Waals surface area contributed by atoms with Gasteiger partial charge in [-0.15, -0.1) is 10.2 Å². The Balaban J connectivity index is 2.24. The standard InChI is InChI=1S/C10H13N5O4S/c1-18-7-3-4-9(8(5-7)19-2)20(16,17)11-6-10-12-14-15-13-10/h3-5,11H,6H2,1-2H3,(H,12,13,14,15). The molecule has 0 aliphatic heterocycles. The third-order valence-corrected chi connectivity index (χ3v) is 3.91. The van der Waals surface area contributed by atoms with Gasteiger partial charge in [0.2, 0.25) is 10.0 Å². The van der Waals surface area contributed by atoms with Gasteiger partial charge >= 0.3 is 0 Å². The number of nitrogens with one attached hydrogen (secondary N) is 2. The lowest BCUT2D eigenvalue weighted by atomic mass is 10.3. The number of aromatic nitrogens is 4. The fourth-order valence-corrected chi connectivity index (χ4v) is 2.62. The number of nitrogens with zero attached hydrogens (tertiary/aromatic N) is 3. The molecule has 1 aromatic heterocycles. The van der Waals surface area contributed by atoms with Crippen LogP contribution in [0.4, 0.5) is 0 Å². The van der Waals surface area contributed by atoms with Gasteiger partial charge in [0.15, 0.2) is 5.82 Å². The molecule has 0 saturated heterocycles. The number of H-pyrrole nitrogens is 1. The van der Waals surface area contributed by atoms with Crippen LogP contribution in [-0.2, 0) is 16.6 Å². The first-order valence-electron chi connectivity index (χ1n) is 5.51. The van der Waals surface area contributed by atoms with E-state index in [1.807, 2.05) is 0 Å². The maximum absolute atomic E-state index is 12.2. The summed E-state index contributed by atoms with van der Waals surface area (Å²) in [5, 5.41) is 12.9. The van der Waals surface area contributed by atoms with Crippen molar-refractivity contribution in [1.29, 1.82) is 0 Å². The number of rotatable bonds is 6. The second kappa shape index (κ2) is 5.84. The highest BCUT2D eigenvalue weighted by molar-refractivity contribution is 7.89. The molecule has 0 fully saturated rings. The van der Waals surface area contributed by atoms with Crippen molar-refractivity contribution in [2.75, 3.05) is 14.2 Å². The van der Waals surface area contributed by atoms with Crippen molar-refractivity contribution in [2.45, 2.75) is 11.4 Å². The molecule has 2 rings (SSSR count). The molecule has 0 saturated carbocycles. The number of hydrogen-bond acceptors (Lipinski definition) is 7. The Morgan fingerprint density at radius 3 is 2.70 bits per heavy atom. The number of sulfonamides is 1. The van der Waals surface area contributed by atoms with Crippen LogP contribution in [0.3, 0.4) is 0 Å². The van der Waals surface area contributed by atoms with Gasteiger partial charge in [0.05, 0.1) is 20.8 Å². The minimum absolute atomic E-state index is 0.00398. The van der Waals surface area contributed by atoms with Gasteiger partial charge in [-0.3, -0.25) is 0 Å². The second-order valence-corrected chi connectivity index (χ2v) is 5.40. The third-order valence-electron chi connectivity index (χ3n) is 2.47. The lowest BCUT2D eigenvalue weighted by molar-refractivity contribution is 0.386. The summed E-state index contributed by atoms with van der Waals surface area (Å²) in [4.78, 5) is 0.00398. The van der Waals surface area contributed by atoms with Gasteiger partial charge in [-0.1, -0.05) is 5.21 Å². The number of ether oxygens (including phenoxy) is 2. The third kappa shape index (κ3) is 3.03. The Morgan fingerprint density at radius 1 is 1.30 bits per heavy atom. The molecule has 2 aromatic rings. The summed E-state index contributed by atoms with van der Waals surface area (Å²) in [7, 11) is -0.891. The molecule has 108 valence electrons. The summed E-state index contributed by atoms with van der Waals surface area (Å²) in [5.74, 6) is 0.921. The maximum Gasteiger partial charge on any atom is 0.244 e. The Hall–Kier alpha value is -2.20. The van der Waals surface area contributed by atoms with Crippen LogP contribution in [0.5, 0.6) is 11.5 Å². The van der Waals surface area contributed by atoms with Gasteiger partial charge in [-0.05, 0) is 12.1 Å². The van der Waals surface area contributed by atoms with Crippen molar-refractivity contribution in [3.8, 4) is 11.5 Å². The molecule has 2 N–H and O–H groups in total. The van der Waals surface area contributed by atoms with Crippen LogP contribution >= 0.6 is 0 Å². The predicted octanol–water partition coefficient (Wildman–Crippen LogP) is -0.305. The van der Waals surface area contributed by atoms with Crippen molar-refractivity contribution in [2.24, 2.45) is 0 Å². The zero-order valence-corrected chi connectivity index (χ0v) is 11.6. The summed E-state index contributed by atoms with van der Waals surface area (Å²) in [6, 6.07) is 4.42. The maximum atomic E-state index is 12.2. The SMILES string of the molecule is COc1ccc(S(=O)(=O)NCc2nn[nH]n2)c(OC)c1. The van der Waals surface area contributed by atoms with Gasteiger partial charge in [-0.2, -0.15) is 5.21 Å². The molecule has 20 heavy (non-hydrogen) atoms. The smallest absolute Gasteiger partial charge is 0.244 e. The molecule has 0 atom stereocenters. The molecule has 0 amide bonds. The van der Waals surface area contributed by atoms with E-state index in [1.165, 1.54) is 32.4 Å². The van der Waals surface area contributed by atoms with E-state index in [0.717, 1.165) is 0 Å². The fraction of sp³-hybridized carbons (Fsp3) is 0.300. The Morgan fingerprint density at radius 2 is 2.10 bits per heavy atom. The van der Waals surface area contributed by atoms with Crippen molar-refractivity contribution in [3.05, 3.63) is 24.0 Å². The molecule has 0 aliphatic carbocycles. The summed E-state index contributed by atoms with van der Waals surface area (Å²) < 4.78 is 36.8. The van der Waals surface area contributed by atoms with Gasteiger partial charge in [-0.25, -0.2) is 13.1 Å². The Bertz CT molecular complexity index is 671. The highest BCUT2D eigenvalue weighted by Gasteiger charge is 2.20. The minimum Gasteiger partial charge on any atom is -0.497 e. The van der Waals surface area contributed by atoms with E-state index in [4.69, 9.17) is 9.47 Å². The van der Waals surface area contributed by atoms with Crippen LogP contribution in [0.15, 0.2) is 23.1 Å². The summed E-state index contributed by atoms with van der Waals surface area (Å²) in [6.07, 6.45) is 0. The molecular weight excluding hydrogens is 286 g/mol. The monoisotopic (exact) mass is 299 g/mol. The van der Waals surface area contributed by atoms with Gasteiger partial charge in [0.25, 0.3) is 0 Å². The molecule has 0 radical (unpaired) electrons. The normalized spacial score (nSPS) is 11.3. The topological polar surface area (TPSA) is 119 Å². The van der Waals surface area contributed by atoms with E-state index in [2.05, 4.69) is 25.3 Å². The van der Waals surface area contributed by atoms with E-state index in [1.54, 1.807) is 0 Å². The van der Waals surface area contributed by atoms with Crippen LogP contribution in [-0.4, -0.2) is 43.3 Å². The van der Waals surface area contributed by atoms with E-state index in [-0.39, 0.29) is 23.0 Å². The van der Waals surface area contributed by atoms with Crippen molar-refractivity contribution >= 4 is 10.0 Å². The van der Waals surface area contributed by atoms with Crippen LogP contribution in [0.2, 0.25) is 0 Å². The van der Waals surface area contributed by atoms with Crippen LogP contribution in [0.25, 0.3) is 0 Å². The highest BCUT2D eigenvalue weighted by Crippen LogP contribution is 2.28. The first-order chi connectivity index (χ1) is 9.56. The van der Waals surface area contributed by atoms with E-state index >= 15 is 0 Å². The summed E-state index contributed by atoms with van der Waals surface area (Å²) in [5.41, 5.74) is 0. The molecule has 1 heterocycles. The summed E-state index contributed by atoms with van der Waals surface area (Å²) >= 11 is 0. The van der Waals surface area contributed by atoms with Crippen LogP contribution < -0.4 is 14.2 Å². The van der Waals surface area contributed by atoms with Crippen molar-refractivity contribution in [3.63, 3.8) is 0 Å². The molecule has 1 aromatic carbocycles. The number of hydrogen-bond donors (Lipinski definition) is 2. The quantitative estimate of drug-likeness (QED) is 0.751. The Labute approximate surface area is 115 Å². The van der Waals surface area contributed by atoms with E-state index < -0.39 is 10.0 Å². The first kappa shape index (κ1) is 14.2. The largest absolute Gasteiger partial charge is 0.497 e. The molecule has 0 spiro atoms. The second-order valence-electron chi connectivity index (χ2n) is 3.67. The minimum atomic E-state index is -3.76. The Kier molecular flexibility index (Phi) is 4.15. The van der Waals surface area contributed by atoms with Gasteiger partial charge < -0.3 is 9.47 Å². The molecule has 0 bridgehead atoms. The lowest BCUT2D eigenvalue weighted by Gasteiger charge is -2.11. The van der Waals surface area contributed by atoms with Gasteiger partial charge in [0, 0.05) is 6.07 Å². The molecule has 9 nitrogen and oxygen atoms in total. The van der Waals surface area contributed by atoms with Gasteiger partial charge in [0.1, 0.15) is 16.4 Å². The van der Waals surface area contributed by atoms with E-state index in [0.29, 0.717) is 5.75 Å². The van der Waals surface area contributed by atoms with E-state index in [9.17, 15) is 8.42 Å². The molecular formula is C10H13N5O4S. The predicted molar refractivity (Wildman–Crippen MR) is 67.7 cm³/mol. The summed E-state index contributed by atoms with van der Waals surface area (Å²) in [6.45, 7) is -0.0754. The molecule has 0 unspecified atom stereocenters. The molecule has 0 aliphatic rings. The highest BCUT2D eigenvalue weighted by atomic mass is 32.2. The fourth-order valence-electron chi connectivity index (χ4n) is 1.49. The lowest BCUT2D eigenvalue weighted by Crippen LogP contribution is -2.24. The number of benzene rings is 1. The van der Waals surface area contributed by atoms with Crippen molar-refractivity contribution in [1.82, 2.24) is 25.3 Å². The van der Waals surface area contributed by atoms with Crippen LogP contribution in [0, 0.1) is 0 Å². The zero-order valence-electron chi connectivity index (χ0n) is 10.8. The van der Waals surface area contributed by atoms with Crippen molar-refractivity contribution < 1.29 is 17.9 Å². The number of tetrazole rings is 1. The number of aromatic amines is 1. The zero-order chi connectivity index (χ0) is 14.6.